The van der Waals surface area contributed by atoms with Crippen LogP contribution in [-0.2, 0) is 24.6 Å². The van der Waals surface area contributed by atoms with Crippen LogP contribution in [0.1, 0.15) is 22.3 Å². The van der Waals surface area contributed by atoms with Crippen molar-refractivity contribution in [1.82, 2.24) is 0 Å². The minimum absolute atomic E-state index is 0. The molecule has 8 heteroatoms. The van der Waals surface area contributed by atoms with Crippen LogP contribution in [0.3, 0.4) is 0 Å². The lowest BCUT2D eigenvalue weighted by atomic mass is 9.82. The summed E-state index contributed by atoms with van der Waals surface area (Å²) in [6.45, 7) is 0. The molecule has 0 fully saturated rings. The molecule has 0 saturated heterocycles. The zero-order chi connectivity index (χ0) is 42.7. The van der Waals surface area contributed by atoms with Crippen LogP contribution in [0.15, 0.2) is 158 Å². The van der Waals surface area contributed by atoms with Crippen LogP contribution in [0.2, 0.25) is 0 Å². The van der Waals surface area contributed by atoms with Crippen LogP contribution in [0.25, 0.3) is 87.6 Å². The van der Waals surface area contributed by atoms with E-state index >= 15 is 17.6 Å². The molecule has 0 aliphatic carbocycles. The Kier molecular flexibility index (Phi) is 9.61. The second-order valence-corrected chi connectivity index (χ2v) is 21.1. The summed E-state index contributed by atoms with van der Waals surface area (Å²) in [7, 11) is -2.50. The molecule has 0 radical (unpaired) electrons. The Labute approximate surface area is 375 Å². The van der Waals surface area contributed by atoms with Gasteiger partial charge < -0.3 is 17.0 Å². The Morgan fingerprint density at radius 2 is 0.656 bits per heavy atom. The van der Waals surface area contributed by atoms with Crippen molar-refractivity contribution in [1.29, 1.82) is 0 Å². The zero-order valence-electron chi connectivity index (χ0n) is 33.9. The van der Waals surface area contributed by atoms with E-state index in [4.69, 9.17) is 0 Å². The molecule has 12 rings (SSSR count). The molecule has 312 valence electrons. The van der Waals surface area contributed by atoms with Gasteiger partial charge in [-0.05, 0) is 135 Å². The van der Waals surface area contributed by atoms with E-state index in [0.717, 1.165) is 89.6 Å². The normalized spacial score (nSPS) is 13.8. The van der Waals surface area contributed by atoms with Crippen molar-refractivity contribution in [3.8, 4) is 44.5 Å². The van der Waals surface area contributed by atoms with Crippen LogP contribution in [0.4, 0.5) is 26.3 Å². The van der Waals surface area contributed by atoms with Crippen LogP contribution < -0.4 is 17.0 Å². The fraction of sp³-hybridized carbons (Fsp3) is 0.0714. The Balaban J connectivity index is 0.00000456. The van der Waals surface area contributed by atoms with Gasteiger partial charge in [0.15, 0.2) is 34.9 Å². The van der Waals surface area contributed by atoms with Gasteiger partial charge in [-0.25, -0.2) is 26.3 Å². The molecule has 2 heterocycles. The number of rotatable bonds is 2. The molecular formula is C56H34BrF6P. The first-order valence-corrected chi connectivity index (χ1v) is 23.4. The molecule has 0 atom stereocenters. The molecule has 2 aliphatic heterocycles. The number of hydrogen-bond acceptors (Lipinski definition) is 0. The fourth-order valence-electron chi connectivity index (χ4n) is 10.8. The average Bonchev–Trinajstić information content (AvgIpc) is 3.54. The molecule has 0 aromatic heterocycles. The van der Waals surface area contributed by atoms with E-state index in [9.17, 15) is 8.78 Å². The van der Waals surface area contributed by atoms with E-state index in [1.807, 2.05) is 72.8 Å². The minimum Gasteiger partial charge on any atom is -1.00 e. The van der Waals surface area contributed by atoms with E-state index in [1.54, 1.807) is 0 Å². The second-order valence-electron chi connectivity index (χ2n) is 17.1. The van der Waals surface area contributed by atoms with Gasteiger partial charge in [0.2, 0.25) is 0 Å². The van der Waals surface area contributed by atoms with E-state index < -0.39 is 42.2 Å². The highest BCUT2D eigenvalue weighted by Gasteiger charge is 2.47. The van der Waals surface area contributed by atoms with E-state index in [1.165, 1.54) is 22.3 Å². The van der Waals surface area contributed by atoms with Gasteiger partial charge in [-0.3, -0.25) is 0 Å². The monoisotopic (exact) mass is 930 g/mol. The summed E-state index contributed by atoms with van der Waals surface area (Å²) < 4.78 is 91.2. The summed E-state index contributed by atoms with van der Waals surface area (Å²) in [5.74, 6) is -8.20. The summed E-state index contributed by atoms with van der Waals surface area (Å²) in [5, 5.41) is 7.90. The quantitative estimate of drug-likeness (QED) is 0.0920. The maximum absolute atomic E-state index is 15.4. The van der Waals surface area contributed by atoms with Gasteiger partial charge in [-0.15, -0.1) is 0 Å². The Morgan fingerprint density at radius 3 is 1.03 bits per heavy atom. The van der Waals surface area contributed by atoms with Gasteiger partial charge in [-0.1, -0.05) is 121 Å². The van der Waals surface area contributed by atoms with Crippen molar-refractivity contribution in [3.63, 3.8) is 0 Å². The van der Waals surface area contributed by atoms with Gasteiger partial charge in [0.05, 0.1) is 24.6 Å². The Bertz CT molecular complexity index is 3330. The highest BCUT2D eigenvalue weighted by Crippen LogP contribution is 2.74. The number of benzene rings is 10. The molecule has 64 heavy (non-hydrogen) atoms. The van der Waals surface area contributed by atoms with Crippen molar-refractivity contribution < 1.29 is 43.3 Å². The minimum atomic E-state index is -2.50. The fourth-order valence-corrected chi connectivity index (χ4v) is 15.5. The Morgan fingerprint density at radius 1 is 0.328 bits per heavy atom. The lowest BCUT2D eigenvalue weighted by molar-refractivity contribution is -0.0000151. The molecule has 10 aromatic rings. The third-order valence-corrected chi connectivity index (χ3v) is 17.4. The lowest BCUT2D eigenvalue weighted by Gasteiger charge is -2.28. The topological polar surface area (TPSA) is 0 Å². The van der Waals surface area contributed by atoms with Gasteiger partial charge in [0.1, 0.15) is 0 Å². The largest absolute Gasteiger partial charge is 1.00 e. The van der Waals surface area contributed by atoms with Crippen LogP contribution in [-0.4, -0.2) is 0 Å². The summed E-state index contributed by atoms with van der Waals surface area (Å²) in [5.41, 5.74) is 9.73. The smallest absolute Gasteiger partial charge is 0.194 e. The van der Waals surface area contributed by atoms with Crippen molar-refractivity contribution in [2.45, 2.75) is 24.6 Å². The molecule has 0 amide bonds. The Hall–Kier alpha value is -6.27. The standard InChI is InChI=1S/C56H34F6P.BrH/c57-47-23-37(24-48(58)55(47)61)43-21-33-11-3-7-15-41(33)53-45(43)29-63(30-46-44(38-25-49(59)56(62)50(60)26-38)22-34-12-4-8-16-42(34)54(46)53)27-35-19-17-31-9-1-5-13-39(31)51(35)52-36(28-63)20-18-32-10-2-6-14-40(32)52;/h1-26H,27-30H2;1H/q+1;/p-1. The number of fused-ring (bicyclic) bond motifs is 14. The number of hydrogen-bond donors (Lipinski definition) is 0. The average molecular weight is 932 g/mol. The first-order chi connectivity index (χ1) is 30.6. The van der Waals surface area contributed by atoms with Gasteiger partial charge in [0.25, 0.3) is 0 Å². The molecule has 0 bridgehead atoms. The molecule has 0 nitrogen and oxygen atoms in total. The SMILES string of the molecule is Fc1cc(-c2cc3ccccc3c3c2C[P+]2(Cc4ccc5ccccc5c4-c4c(ccc5ccccc45)C2)Cc2c(-c4cc(F)c(F)c(F)c4)cc4ccccc4c2-3)cc(F)c1F.[Br-]. The van der Waals surface area contributed by atoms with Crippen molar-refractivity contribution >= 4 is 50.4 Å². The van der Waals surface area contributed by atoms with Crippen LogP contribution in [0, 0.1) is 34.9 Å². The van der Waals surface area contributed by atoms with Crippen molar-refractivity contribution in [3.05, 3.63) is 215 Å². The summed E-state index contributed by atoms with van der Waals surface area (Å²) in [6.07, 6.45) is 2.39. The zero-order valence-corrected chi connectivity index (χ0v) is 36.4. The predicted octanol–water partition coefficient (Wildman–Crippen LogP) is 13.6. The van der Waals surface area contributed by atoms with Crippen LogP contribution >= 0.6 is 7.26 Å². The molecule has 10 aromatic carbocycles. The summed E-state index contributed by atoms with van der Waals surface area (Å²) >= 11 is 0. The molecule has 0 unspecified atom stereocenters. The first kappa shape index (κ1) is 40.5. The van der Waals surface area contributed by atoms with E-state index in [2.05, 4.69) is 60.7 Å². The first-order valence-electron chi connectivity index (χ1n) is 20.9. The molecule has 0 saturated carbocycles. The third kappa shape index (κ3) is 6.23. The maximum atomic E-state index is 15.4. The predicted molar refractivity (Wildman–Crippen MR) is 246 cm³/mol. The van der Waals surface area contributed by atoms with Crippen molar-refractivity contribution in [2.24, 2.45) is 0 Å². The van der Waals surface area contributed by atoms with E-state index in [0.29, 0.717) is 35.8 Å². The van der Waals surface area contributed by atoms with Crippen molar-refractivity contribution in [2.75, 3.05) is 0 Å². The molecule has 2 aliphatic rings. The molecular weight excluding hydrogens is 897 g/mol. The van der Waals surface area contributed by atoms with Gasteiger partial charge >= 0.3 is 0 Å². The van der Waals surface area contributed by atoms with Crippen LogP contribution in [0.5, 0.6) is 0 Å². The summed E-state index contributed by atoms with van der Waals surface area (Å²) in [4.78, 5) is 0. The third-order valence-electron chi connectivity index (χ3n) is 13.4. The second kappa shape index (κ2) is 15.2. The maximum Gasteiger partial charge on any atom is 0.194 e. The highest BCUT2D eigenvalue weighted by atomic mass is 79.9. The summed E-state index contributed by atoms with van der Waals surface area (Å²) in [6, 6.07) is 49.6. The van der Waals surface area contributed by atoms with Gasteiger partial charge in [-0.2, -0.15) is 0 Å². The highest BCUT2D eigenvalue weighted by molar-refractivity contribution is 7.73. The molecule has 0 N–H and O–H groups in total. The van der Waals surface area contributed by atoms with E-state index in [-0.39, 0.29) is 28.1 Å². The van der Waals surface area contributed by atoms with Gasteiger partial charge in [0, 0.05) is 18.4 Å². The molecule has 1 spiro atoms. The lowest BCUT2D eigenvalue weighted by Crippen LogP contribution is -3.00. The number of halogens is 7.